The maximum absolute atomic E-state index is 6.22. The molecule has 0 amide bonds. The predicted molar refractivity (Wildman–Crippen MR) is 85.9 cm³/mol. The second kappa shape index (κ2) is 4.97. The normalized spacial score (nSPS) is 28.1. The Bertz CT molecular complexity index is 405. The monoisotopic (exact) mass is 418 g/mol. The zero-order valence-corrected chi connectivity index (χ0v) is 16.7. The first kappa shape index (κ1) is 16.9. The highest BCUT2D eigenvalue weighted by Crippen LogP contribution is 2.95. The molecule has 0 bridgehead atoms. The molecular formula is C3H9Cl6N3P3Si+. The topological polar surface area (TPSA) is 28.0 Å². The number of hydrogen-bond acceptors (Lipinski definition) is 3. The lowest BCUT2D eigenvalue weighted by Gasteiger charge is -2.36. The van der Waals surface area contributed by atoms with Crippen molar-refractivity contribution < 1.29 is 0 Å². The Morgan fingerprint density at radius 1 is 1.06 bits per heavy atom. The number of halogens is 6. The van der Waals surface area contributed by atoms with E-state index in [2.05, 4.69) is 9.03 Å². The second-order valence-electron chi connectivity index (χ2n) is 4.01. The lowest BCUT2D eigenvalue weighted by atomic mass is 11.8. The van der Waals surface area contributed by atoms with E-state index in [0.717, 1.165) is 0 Å². The van der Waals surface area contributed by atoms with Gasteiger partial charge in [0.05, 0.1) is 0 Å². The SMILES string of the molecule is C[Si](C)(C)N1P(Cl)(Cl)=NP(Cl)(Cl)=N[P+]1(Cl)Cl. The minimum atomic E-state index is -2.94. The van der Waals surface area contributed by atoms with Gasteiger partial charge in [0.1, 0.15) is 0 Å². The van der Waals surface area contributed by atoms with Crippen LogP contribution in [0.4, 0.5) is 0 Å². The van der Waals surface area contributed by atoms with Crippen molar-refractivity contribution in [1.82, 2.24) is 4.11 Å². The first-order valence-electron chi connectivity index (χ1n) is 3.94. The number of hydrogen-bond donors (Lipinski definition) is 0. The fourth-order valence-corrected chi connectivity index (χ4v) is 35.0. The molecule has 0 radical (unpaired) electrons. The van der Waals surface area contributed by atoms with Gasteiger partial charge in [-0.2, -0.15) is 4.52 Å². The Morgan fingerprint density at radius 3 is 1.81 bits per heavy atom. The molecule has 1 rings (SSSR count). The van der Waals surface area contributed by atoms with Crippen LogP contribution in [0.1, 0.15) is 0 Å². The van der Waals surface area contributed by atoms with Gasteiger partial charge in [0.25, 0.3) is 5.91 Å². The molecule has 0 N–H and O–H groups in total. The Labute approximate surface area is 126 Å². The van der Waals surface area contributed by atoms with E-state index in [1.54, 1.807) is 4.11 Å². The zero-order chi connectivity index (χ0) is 13.0. The summed E-state index contributed by atoms with van der Waals surface area (Å²) in [5.74, 6) is -5.81. The quantitative estimate of drug-likeness (QED) is 0.310. The van der Waals surface area contributed by atoms with Crippen LogP contribution in [0, 0.1) is 0 Å². The molecule has 0 spiro atoms. The Hall–Kier alpha value is 2.81. The molecule has 0 saturated heterocycles. The first-order valence-corrected chi connectivity index (χ1v) is 17.9. The number of nitrogens with zero attached hydrogens (tertiary/aromatic N) is 3. The summed E-state index contributed by atoms with van der Waals surface area (Å²) in [5, 5.41) is 0. The van der Waals surface area contributed by atoms with Crippen molar-refractivity contribution in [2.24, 2.45) is 9.03 Å². The molecule has 0 aromatic heterocycles. The molecule has 0 saturated carbocycles. The fourth-order valence-electron chi connectivity index (χ4n) is 1.20. The lowest BCUT2D eigenvalue weighted by Crippen LogP contribution is -2.39. The van der Waals surface area contributed by atoms with Crippen molar-refractivity contribution >= 4 is 93.8 Å². The van der Waals surface area contributed by atoms with Crippen LogP contribution < -0.4 is 0 Å². The molecule has 0 aromatic carbocycles. The van der Waals surface area contributed by atoms with Crippen LogP contribution in [0.5, 0.6) is 0 Å². The average molecular weight is 421 g/mol. The smallest absolute Gasteiger partial charge is 0.186 e. The molecule has 0 aromatic rings. The summed E-state index contributed by atoms with van der Waals surface area (Å²) in [4.78, 5) is 0. The number of rotatable bonds is 1. The van der Waals surface area contributed by atoms with Gasteiger partial charge >= 0.3 is 6.27 Å². The second-order valence-corrected chi connectivity index (χ2v) is 24.9. The van der Waals surface area contributed by atoms with Gasteiger partial charge in [0, 0.05) is 0 Å². The van der Waals surface area contributed by atoms with E-state index in [4.69, 9.17) is 67.4 Å². The van der Waals surface area contributed by atoms with E-state index in [9.17, 15) is 0 Å². The largest absolute Gasteiger partial charge is 0.401 e. The summed E-state index contributed by atoms with van der Waals surface area (Å²) in [6, 6.07) is 0. The highest BCUT2D eigenvalue weighted by atomic mass is 35.9. The van der Waals surface area contributed by atoms with E-state index >= 15 is 0 Å². The van der Waals surface area contributed by atoms with Crippen LogP contribution in [0.25, 0.3) is 0 Å². The van der Waals surface area contributed by atoms with E-state index in [-0.39, 0.29) is 0 Å². The summed E-state index contributed by atoms with van der Waals surface area (Å²) >= 11 is 36.7. The van der Waals surface area contributed by atoms with Gasteiger partial charge in [-0.05, 0) is 49.5 Å². The van der Waals surface area contributed by atoms with E-state index in [1.165, 1.54) is 0 Å². The Balaban J connectivity index is 3.46. The van der Waals surface area contributed by atoms with Gasteiger partial charge in [-0.15, -0.1) is 0 Å². The lowest BCUT2D eigenvalue weighted by molar-refractivity contribution is 1.07. The molecule has 0 atom stereocenters. The summed E-state index contributed by atoms with van der Waals surface area (Å²) in [6.07, 6.45) is -2.87. The molecule has 1 aliphatic heterocycles. The van der Waals surface area contributed by atoms with Crippen LogP contribution in [0.15, 0.2) is 9.03 Å². The maximum Gasteiger partial charge on any atom is 0.401 e. The van der Waals surface area contributed by atoms with Crippen LogP contribution in [0.3, 0.4) is 0 Å². The molecule has 16 heavy (non-hydrogen) atoms. The predicted octanol–water partition coefficient (Wildman–Crippen LogP) is 8.14. The molecule has 1 aliphatic rings. The highest BCUT2D eigenvalue weighted by Gasteiger charge is 2.61. The van der Waals surface area contributed by atoms with Crippen molar-refractivity contribution in [3.8, 4) is 0 Å². The maximum atomic E-state index is 6.22. The third-order valence-electron chi connectivity index (χ3n) is 1.49. The molecule has 0 unspecified atom stereocenters. The van der Waals surface area contributed by atoms with Crippen molar-refractivity contribution in [3.05, 3.63) is 0 Å². The van der Waals surface area contributed by atoms with E-state index in [0.29, 0.717) is 0 Å². The van der Waals surface area contributed by atoms with Gasteiger partial charge in [-0.25, -0.2) is 0 Å². The van der Waals surface area contributed by atoms with Crippen LogP contribution in [-0.4, -0.2) is 12.3 Å². The third-order valence-corrected chi connectivity index (χ3v) is 23.4. The summed E-state index contributed by atoms with van der Waals surface area (Å²) in [7, 11) is -1.97. The Kier molecular flexibility index (Phi) is 5.24. The molecule has 3 nitrogen and oxygen atoms in total. The minimum Gasteiger partial charge on any atom is -0.186 e. The van der Waals surface area contributed by atoms with Gasteiger partial charge in [-0.1, -0.05) is 23.7 Å². The fraction of sp³-hybridized carbons (Fsp3) is 1.00. The molecule has 0 fully saturated rings. The van der Waals surface area contributed by atoms with Crippen LogP contribution in [-0.2, 0) is 0 Å². The minimum absolute atomic E-state index is 1.67. The Morgan fingerprint density at radius 2 is 1.50 bits per heavy atom. The van der Waals surface area contributed by atoms with Crippen LogP contribution >= 0.6 is 85.5 Å². The summed E-state index contributed by atoms with van der Waals surface area (Å²) < 4.78 is 9.72. The van der Waals surface area contributed by atoms with Gasteiger partial charge in [-0.3, -0.25) is 0 Å². The van der Waals surface area contributed by atoms with Crippen molar-refractivity contribution in [1.29, 1.82) is 0 Å². The van der Waals surface area contributed by atoms with Crippen molar-refractivity contribution in [3.63, 3.8) is 0 Å². The van der Waals surface area contributed by atoms with Crippen molar-refractivity contribution in [2.45, 2.75) is 19.6 Å². The summed E-state index contributed by atoms with van der Waals surface area (Å²) in [5.41, 5.74) is 0. The van der Waals surface area contributed by atoms with Crippen molar-refractivity contribution in [2.75, 3.05) is 0 Å². The van der Waals surface area contributed by atoms with E-state index < -0.39 is 26.3 Å². The average Bonchev–Trinajstić information content (AvgIpc) is 1.67. The van der Waals surface area contributed by atoms with E-state index in [1.807, 2.05) is 19.6 Å². The molecule has 0 aliphatic carbocycles. The third kappa shape index (κ3) is 3.90. The van der Waals surface area contributed by atoms with Crippen LogP contribution in [0.2, 0.25) is 19.6 Å². The standard InChI is InChI=1S/C3H9Cl6N3P3Si/c1-16(2,3)12-14(6,7)10-13(4,5)11-15(12,8)9/h1-3H3/q+1. The zero-order valence-electron chi connectivity index (χ0n) is 8.45. The molecule has 1 heterocycles. The molecule has 96 valence electrons. The summed E-state index contributed by atoms with van der Waals surface area (Å²) in [6.45, 7) is 6.01. The molecule has 13 heteroatoms. The van der Waals surface area contributed by atoms with Gasteiger partial charge < -0.3 is 0 Å². The highest BCUT2D eigenvalue weighted by molar-refractivity contribution is 8.31. The first-order chi connectivity index (χ1) is 6.78. The van der Waals surface area contributed by atoms with Gasteiger partial charge in [0.2, 0.25) is 5.91 Å². The molecular weight excluding hydrogens is 412 g/mol. The van der Waals surface area contributed by atoms with Gasteiger partial charge in [0.15, 0.2) is 30.7 Å².